The molecule has 36 heavy (non-hydrogen) atoms. The largest absolute Gasteiger partial charge is 0.277 e. The van der Waals surface area contributed by atoms with Crippen molar-refractivity contribution in [1.29, 1.82) is 0 Å². The van der Waals surface area contributed by atoms with E-state index in [0.717, 1.165) is 45.1 Å². The Morgan fingerprint density at radius 2 is 1.61 bits per heavy atom. The van der Waals surface area contributed by atoms with Gasteiger partial charge >= 0.3 is 0 Å². The second-order valence-electron chi connectivity index (χ2n) is 8.56. The average molecular weight is 489 g/mol. The molecule has 0 amide bonds. The molecule has 0 bridgehead atoms. The van der Waals surface area contributed by atoms with Crippen LogP contribution in [0.25, 0.3) is 33.4 Å². The van der Waals surface area contributed by atoms with Gasteiger partial charge < -0.3 is 0 Å². The Bertz CT molecular complexity index is 1800. The van der Waals surface area contributed by atoms with Crippen LogP contribution >= 0.6 is 11.3 Å². The van der Waals surface area contributed by atoms with E-state index in [9.17, 15) is 0 Å². The fourth-order valence-corrected chi connectivity index (χ4v) is 5.33. The van der Waals surface area contributed by atoms with Crippen molar-refractivity contribution in [2.24, 2.45) is 5.10 Å². The topological polar surface area (TPSA) is 85.3 Å². The van der Waals surface area contributed by atoms with Crippen LogP contribution in [0.1, 0.15) is 16.8 Å². The molecule has 0 fully saturated rings. The molecular formula is C27H20N8S. The predicted molar refractivity (Wildman–Crippen MR) is 140 cm³/mol. The summed E-state index contributed by atoms with van der Waals surface area (Å²) >= 11 is 1.44. The van der Waals surface area contributed by atoms with Gasteiger partial charge in [0.2, 0.25) is 10.8 Å². The number of hydrogen-bond donors (Lipinski definition) is 1. The number of nitrogens with zero attached hydrogens (tertiary/aromatic N) is 7. The van der Waals surface area contributed by atoms with E-state index in [4.69, 9.17) is 10.2 Å². The van der Waals surface area contributed by atoms with E-state index in [2.05, 4.69) is 57.1 Å². The van der Waals surface area contributed by atoms with Gasteiger partial charge in [0.25, 0.3) is 0 Å². The number of rotatable bonds is 4. The molecule has 9 heteroatoms. The maximum atomic E-state index is 5.04. The standard InChI is InChI=1S/C27H20N8S/c1-17-26(30-28-19-11-4-2-5-12-19)36-27-31-29-25(35(27)32-17)23-22-16-18-10-8-9-15-21(18)24(22)34(33-23)20-13-6-3-7-14-20/h2-15,28H,16H2,1H3/b30-26-. The van der Waals surface area contributed by atoms with Gasteiger partial charge in [0.05, 0.1) is 22.8 Å². The van der Waals surface area contributed by atoms with Gasteiger partial charge in [0.1, 0.15) is 5.69 Å². The molecule has 0 radical (unpaired) electrons. The van der Waals surface area contributed by atoms with Crippen molar-refractivity contribution >= 4 is 22.0 Å². The third-order valence-corrected chi connectivity index (χ3v) is 7.27. The summed E-state index contributed by atoms with van der Waals surface area (Å²) in [5, 5.41) is 23.4. The summed E-state index contributed by atoms with van der Waals surface area (Å²) in [7, 11) is 0. The average Bonchev–Trinajstić information content (AvgIpc) is 3.61. The lowest BCUT2D eigenvalue weighted by Gasteiger charge is -2.07. The molecule has 0 aliphatic heterocycles. The van der Waals surface area contributed by atoms with Crippen LogP contribution in [0.3, 0.4) is 0 Å². The van der Waals surface area contributed by atoms with Crippen LogP contribution in [0.5, 0.6) is 0 Å². The highest BCUT2D eigenvalue weighted by atomic mass is 32.1. The molecule has 0 saturated carbocycles. The Labute approximate surface area is 210 Å². The maximum absolute atomic E-state index is 5.04. The summed E-state index contributed by atoms with van der Waals surface area (Å²) in [6.45, 7) is 1.94. The smallest absolute Gasteiger partial charge is 0.235 e. The van der Waals surface area contributed by atoms with Crippen LogP contribution in [0.15, 0.2) is 90.0 Å². The van der Waals surface area contributed by atoms with Gasteiger partial charge in [-0.2, -0.15) is 19.8 Å². The molecule has 7 rings (SSSR count). The van der Waals surface area contributed by atoms with Crippen molar-refractivity contribution in [1.82, 2.24) is 29.6 Å². The summed E-state index contributed by atoms with van der Waals surface area (Å²) in [6, 6.07) is 28.5. The van der Waals surface area contributed by atoms with E-state index in [1.807, 2.05) is 60.1 Å². The molecule has 0 atom stereocenters. The first-order valence-electron chi connectivity index (χ1n) is 11.6. The number of anilines is 1. The van der Waals surface area contributed by atoms with Crippen molar-refractivity contribution in [3.05, 3.63) is 106 Å². The van der Waals surface area contributed by atoms with Gasteiger partial charge in [-0.3, -0.25) is 5.43 Å². The Morgan fingerprint density at radius 3 is 2.44 bits per heavy atom. The van der Waals surface area contributed by atoms with E-state index >= 15 is 0 Å². The summed E-state index contributed by atoms with van der Waals surface area (Å²) in [6.07, 6.45) is 0.791. The minimum Gasteiger partial charge on any atom is -0.277 e. The van der Waals surface area contributed by atoms with Crippen LogP contribution in [-0.2, 0) is 6.42 Å². The molecule has 8 nitrogen and oxygen atoms in total. The zero-order valence-electron chi connectivity index (χ0n) is 19.3. The van der Waals surface area contributed by atoms with Crippen molar-refractivity contribution in [3.63, 3.8) is 0 Å². The van der Waals surface area contributed by atoms with E-state index < -0.39 is 0 Å². The molecule has 3 aromatic carbocycles. The lowest BCUT2D eigenvalue weighted by atomic mass is 10.1. The number of benzene rings is 3. The molecule has 6 aromatic rings. The Balaban J connectivity index is 1.38. The Hall–Kier alpha value is -4.63. The molecule has 1 aliphatic carbocycles. The lowest BCUT2D eigenvalue weighted by Crippen LogP contribution is -2.12. The maximum Gasteiger partial charge on any atom is 0.235 e. The molecule has 3 aromatic heterocycles. The van der Waals surface area contributed by atoms with Gasteiger partial charge in [0.15, 0.2) is 4.67 Å². The third-order valence-electron chi connectivity index (χ3n) is 6.26. The van der Waals surface area contributed by atoms with Gasteiger partial charge in [-0.05, 0) is 36.8 Å². The first kappa shape index (κ1) is 20.7. The molecular weight excluding hydrogens is 468 g/mol. The normalized spacial score (nSPS) is 12.6. The van der Waals surface area contributed by atoms with Crippen LogP contribution in [0.2, 0.25) is 0 Å². The fraction of sp³-hybridized carbons (Fsp3) is 0.0741. The molecule has 174 valence electrons. The number of aryl methyl sites for hydroxylation is 1. The van der Waals surface area contributed by atoms with E-state index in [1.54, 1.807) is 4.52 Å². The number of para-hydroxylation sites is 2. The highest BCUT2D eigenvalue weighted by Gasteiger charge is 2.30. The molecule has 0 spiro atoms. The highest BCUT2D eigenvalue weighted by molar-refractivity contribution is 7.14. The Morgan fingerprint density at radius 1 is 0.861 bits per heavy atom. The zero-order valence-corrected chi connectivity index (χ0v) is 20.1. The van der Waals surface area contributed by atoms with Crippen molar-refractivity contribution in [2.45, 2.75) is 13.3 Å². The zero-order chi connectivity index (χ0) is 24.1. The number of hydrogen-bond acceptors (Lipinski definition) is 7. The molecule has 1 aliphatic rings. The first-order valence-corrected chi connectivity index (χ1v) is 12.4. The SMILES string of the molecule is Cc1nn2c(-c3nn(-c4ccccc4)c4c3Cc3ccccc3-4)nnc2s/c1=N\Nc1ccccc1. The Kier molecular flexibility index (Phi) is 4.74. The van der Waals surface area contributed by atoms with Crippen molar-refractivity contribution < 1.29 is 0 Å². The highest BCUT2D eigenvalue weighted by Crippen LogP contribution is 2.42. The van der Waals surface area contributed by atoms with E-state index in [0.29, 0.717) is 10.8 Å². The van der Waals surface area contributed by atoms with Gasteiger partial charge in [-0.25, -0.2) is 4.68 Å². The van der Waals surface area contributed by atoms with Gasteiger partial charge in [0, 0.05) is 17.5 Å². The van der Waals surface area contributed by atoms with E-state index in [1.165, 1.54) is 22.5 Å². The minimum atomic E-state index is 0.630. The molecule has 0 saturated heterocycles. The van der Waals surface area contributed by atoms with Crippen LogP contribution in [-0.4, -0.2) is 29.6 Å². The van der Waals surface area contributed by atoms with Crippen molar-refractivity contribution in [2.75, 3.05) is 5.43 Å². The number of aromatic nitrogens is 6. The minimum absolute atomic E-state index is 0.630. The first-order chi connectivity index (χ1) is 17.8. The summed E-state index contributed by atoms with van der Waals surface area (Å²) < 4.78 is 4.54. The van der Waals surface area contributed by atoms with Crippen LogP contribution < -0.4 is 10.1 Å². The fourth-order valence-electron chi connectivity index (χ4n) is 4.58. The molecule has 1 N–H and O–H groups in total. The second-order valence-corrected chi connectivity index (χ2v) is 9.51. The predicted octanol–water partition coefficient (Wildman–Crippen LogP) is 4.85. The van der Waals surface area contributed by atoms with Gasteiger partial charge in [-0.15, -0.1) is 10.2 Å². The third kappa shape index (κ3) is 3.32. The molecule has 3 heterocycles. The lowest BCUT2D eigenvalue weighted by molar-refractivity contribution is 0.863. The van der Waals surface area contributed by atoms with Crippen molar-refractivity contribution in [3.8, 4) is 28.5 Å². The summed E-state index contributed by atoms with van der Waals surface area (Å²) in [4.78, 5) is 0.655. The van der Waals surface area contributed by atoms with Crippen LogP contribution in [0, 0.1) is 6.92 Å². The summed E-state index contributed by atoms with van der Waals surface area (Å²) in [5.41, 5.74) is 11.3. The van der Waals surface area contributed by atoms with Crippen LogP contribution in [0.4, 0.5) is 5.69 Å². The summed E-state index contributed by atoms with van der Waals surface area (Å²) in [5.74, 6) is 0.630. The number of nitrogens with one attached hydrogen (secondary N) is 1. The monoisotopic (exact) mass is 488 g/mol. The second kappa shape index (κ2) is 8.24. The van der Waals surface area contributed by atoms with Gasteiger partial charge in [-0.1, -0.05) is 72.0 Å². The molecule has 0 unspecified atom stereocenters. The quantitative estimate of drug-likeness (QED) is 0.358. The van der Waals surface area contributed by atoms with E-state index in [-0.39, 0.29) is 0 Å². The number of fused-ring (bicyclic) bond motifs is 4.